The number of carbonyl (C=O) groups is 2. The van der Waals surface area contributed by atoms with Crippen molar-refractivity contribution in [2.75, 3.05) is 10.8 Å². The number of hydrogen-bond acceptors (Lipinski definition) is 6. The van der Waals surface area contributed by atoms with Gasteiger partial charge in [-0.2, -0.15) is 5.10 Å². The molecule has 0 heterocycles. The quantitative estimate of drug-likeness (QED) is 0.230. The Bertz CT molecular complexity index is 1300. The summed E-state index contributed by atoms with van der Waals surface area (Å²) >= 11 is 0. The summed E-state index contributed by atoms with van der Waals surface area (Å²) in [5, 5.41) is 3.91. The summed E-state index contributed by atoms with van der Waals surface area (Å²) < 4.78 is 32.9. The number of rotatable bonds is 8. The second kappa shape index (κ2) is 10.8. The number of sulfonamides is 1. The highest BCUT2D eigenvalue weighted by Gasteiger charge is 2.28. The minimum absolute atomic E-state index is 0.0884. The van der Waals surface area contributed by atoms with Crippen molar-refractivity contribution in [1.82, 2.24) is 5.43 Å². The molecule has 3 aromatic rings. The van der Waals surface area contributed by atoms with Crippen LogP contribution >= 0.6 is 0 Å². The fraction of sp³-hybridized carbons (Fsp3) is 0.160. The SMILES string of the molecule is CC(=O)Oc1ccc(/C=N\NC(=O)CN(c2ccccc2C)S(=O)(=O)c2ccc(C)cc2)cc1. The Morgan fingerprint density at radius 3 is 2.24 bits per heavy atom. The minimum Gasteiger partial charge on any atom is -0.427 e. The first-order valence-electron chi connectivity index (χ1n) is 10.4. The van der Waals surface area contributed by atoms with Gasteiger partial charge in [0.1, 0.15) is 12.3 Å². The van der Waals surface area contributed by atoms with E-state index >= 15 is 0 Å². The van der Waals surface area contributed by atoms with Crippen molar-refractivity contribution in [2.24, 2.45) is 5.10 Å². The van der Waals surface area contributed by atoms with Gasteiger partial charge in [0.2, 0.25) is 0 Å². The van der Waals surface area contributed by atoms with E-state index in [1.807, 2.05) is 6.92 Å². The second-order valence-electron chi connectivity index (χ2n) is 7.57. The number of aryl methyl sites for hydroxylation is 2. The summed E-state index contributed by atoms with van der Waals surface area (Å²) in [6, 6.07) is 19.9. The Balaban J connectivity index is 1.78. The maximum atomic E-state index is 13.4. The smallest absolute Gasteiger partial charge is 0.308 e. The number of benzene rings is 3. The monoisotopic (exact) mass is 479 g/mol. The van der Waals surface area contributed by atoms with E-state index in [2.05, 4.69) is 10.5 Å². The van der Waals surface area contributed by atoms with Crippen LogP contribution in [-0.2, 0) is 19.6 Å². The Kier molecular flexibility index (Phi) is 7.80. The van der Waals surface area contributed by atoms with Gasteiger partial charge in [-0.15, -0.1) is 0 Å². The average Bonchev–Trinajstić information content (AvgIpc) is 2.79. The van der Waals surface area contributed by atoms with Crippen LogP contribution in [0.3, 0.4) is 0 Å². The summed E-state index contributed by atoms with van der Waals surface area (Å²) in [4.78, 5) is 23.7. The number of hydrazone groups is 1. The van der Waals surface area contributed by atoms with Crippen LogP contribution in [0.1, 0.15) is 23.6 Å². The molecule has 0 unspecified atom stereocenters. The van der Waals surface area contributed by atoms with Crippen molar-refractivity contribution in [1.29, 1.82) is 0 Å². The lowest BCUT2D eigenvalue weighted by Gasteiger charge is -2.25. The third kappa shape index (κ3) is 6.29. The van der Waals surface area contributed by atoms with Crippen molar-refractivity contribution >= 4 is 33.8 Å². The number of nitrogens with zero attached hydrogens (tertiary/aromatic N) is 2. The predicted molar refractivity (Wildman–Crippen MR) is 130 cm³/mol. The average molecular weight is 480 g/mol. The third-order valence-electron chi connectivity index (χ3n) is 4.82. The Morgan fingerprint density at radius 2 is 1.62 bits per heavy atom. The molecule has 0 saturated carbocycles. The predicted octanol–water partition coefficient (Wildman–Crippen LogP) is 3.57. The van der Waals surface area contributed by atoms with Crippen LogP contribution in [0.4, 0.5) is 5.69 Å². The van der Waals surface area contributed by atoms with Gasteiger partial charge < -0.3 is 4.74 Å². The molecule has 0 atom stereocenters. The van der Waals surface area contributed by atoms with Crippen LogP contribution < -0.4 is 14.5 Å². The van der Waals surface area contributed by atoms with E-state index in [0.29, 0.717) is 22.6 Å². The number of hydrogen-bond donors (Lipinski definition) is 1. The van der Waals surface area contributed by atoms with Gasteiger partial charge in [-0.25, -0.2) is 13.8 Å². The summed E-state index contributed by atoms with van der Waals surface area (Å²) in [5.41, 5.74) is 5.06. The van der Waals surface area contributed by atoms with Crippen molar-refractivity contribution < 1.29 is 22.7 Å². The molecule has 0 radical (unpaired) electrons. The fourth-order valence-electron chi connectivity index (χ4n) is 3.11. The van der Waals surface area contributed by atoms with Crippen LogP contribution in [0.25, 0.3) is 0 Å². The van der Waals surface area contributed by atoms with Gasteiger partial charge in [-0.05, 0) is 67.4 Å². The van der Waals surface area contributed by atoms with Crippen molar-refractivity contribution in [3.8, 4) is 5.75 Å². The molecule has 0 spiro atoms. The number of amides is 1. The Hall–Kier alpha value is -3.98. The maximum Gasteiger partial charge on any atom is 0.308 e. The molecule has 0 aliphatic rings. The standard InChI is InChI=1S/C25H25N3O5S/c1-18-8-14-23(15-9-18)34(31,32)28(24-7-5-4-6-19(24)2)17-25(30)27-26-16-21-10-12-22(13-11-21)33-20(3)29/h4-16H,17H2,1-3H3,(H,27,30)/b26-16-. The summed E-state index contributed by atoms with van der Waals surface area (Å²) in [6.07, 6.45) is 1.40. The van der Waals surface area contributed by atoms with Crippen molar-refractivity contribution in [2.45, 2.75) is 25.7 Å². The molecule has 1 N–H and O–H groups in total. The second-order valence-corrected chi connectivity index (χ2v) is 9.43. The van der Waals surface area contributed by atoms with Gasteiger partial charge in [0.25, 0.3) is 15.9 Å². The zero-order chi connectivity index (χ0) is 24.7. The first-order chi connectivity index (χ1) is 16.2. The Morgan fingerprint density at radius 1 is 0.971 bits per heavy atom. The van der Waals surface area contributed by atoms with Crippen LogP contribution in [0, 0.1) is 13.8 Å². The summed E-state index contributed by atoms with van der Waals surface area (Å²) in [6.45, 7) is 4.50. The van der Waals surface area contributed by atoms with Gasteiger partial charge >= 0.3 is 5.97 Å². The molecule has 0 saturated heterocycles. The largest absolute Gasteiger partial charge is 0.427 e. The van der Waals surface area contributed by atoms with E-state index in [1.54, 1.807) is 67.6 Å². The molecule has 0 aromatic heterocycles. The molecule has 9 heteroatoms. The molecule has 34 heavy (non-hydrogen) atoms. The molecule has 3 aromatic carbocycles. The molecule has 0 fully saturated rings. The summed E-state index contributed by atoms with van der Waals surface area (Å²) in [7, 11) is -4.00. The highest BCUT2D eigenvalue weighted by atomic mass is 32.2. The third-order valence-corrected chi connectivity index (χ3v) is 6.60. The van der Waals surface area contributed by atoms with E-state index in [9.17, 15) is 18.0 Å². The molecule has 0 bridgehead atoms. The van der Waals surface area contributed by atoms with E-state index in [4.69, 9.17) is 4.74 Å². The van der Waals surface area contributed by atoms with Crippen molar-refractivity contribution in [3.05, 3.63) is 89.5 Å². The molecule has 3 rings (SSSR count). The lowest BCUT2D eigenvalue weighted by Crippen LogP contribution is -2.40. The lowest BCUT2D eigenvalue weighted by atomic mass is 10.2. The highest BCUT2D eigenvalue weighted by molar-refractivity contribution is 7.92. The zero-order valence-corrected chi connectivity index (χ0v) is 19.9. The number of anilines is 1. The van der Waals surface area contributed by atoms with E-state index < -0.39 is 28.4 Å². The van der Waals surface area contributed by atoms with E-state index in [1.165, 1.54) is 25.3 Å². The van der Waals surface area contributed by atoms with Gasteiger partial charge in [0.15, 0.2) is 0 Å². The fourth-order valence-corrected chi connectivity index (χ4v) is 4.60. The molecule has 0 aliphatic heterocycles. The maximum absolute atomic E-state index is 13.4. The van der Waals surface area contributed by atoms with E-state index in [-0.39, 0.29) is 4.90 Å². The zero-order valence-electron chi connectivity index (χ0n) is 19.1. The number of ether oxygens (including phenoxy) is 1. The molecule has 0 aliphatic carbocycles. The van der Waals surface area contributed by atoms with Gasteiger partial charge in [0.05, 0.1) is 16.8 Å². The van der Waals surface area contributed by atoms with E-state index in [0.717, 1.165) is 9.87 Å². The number of esters is 1. The van der Waals surface area contributed by atoms with Gasteiger partial charge in [-0.1, -0.05) is 35.9 Å². The molecule has 8 nitrogen and oxygen atoms in total. The molecule has 1 amide bonds. The molecule has 176 valence electrons. The minimum atomic E-state index is -4.00. The van der Waals surface area contributed by atoms with Gasteiger partial charge in [0, 0.05) is 6.92 Å². The number of nitrogens with one attached hydrogen (secondary N) is 1. The molecular weight excluding hydrogens is 454 g/mol. The van der Waals surface area contributed by atoms with Crippen LogP contribution in [0.2, 0.25) is 0 Å². The molecular formula is C25H25N3O5S. The lowest BCUT2D eigenvalue weighted by molar-refractivity contribution is -0.131. The van der Waals surface area contributed by atoms with Crippen LogP contribution in [0.5, 0.6) is 5.75 Å². The number of para-hydroxylation sites is 1. The normalized spacial score (nSPS) is 11.3. The number of carbonyl (C=O) groups excluding carboxylic acids is 2. The van der Waals surface area contributed by atoms with Crippen molar-refractivity contribution in [3.63, 3.8) is 0 Å². The van der Waals surface area contributed by atoms with Crippen LogP contribution in [0.15, 0.2) is 82.8 Å². The Labute approximate surface area is 198 Å². The summed E-state index contributed by atoms with van der Waals surface area (Å²) in [5.74, 6) is -0.636. The van der Waals surface area contributed by atoms with Gasteiger partial charge in [-0.3, -0.25) is 13.9 Å². The highest BCUT2D eigenvalue weighted by Crippen LogP contribution is 2.26. The first-order valence-corrected chi connectivity index (χ1v) is 11.9. The topological polar surface area (TPSA) is 105 Å². The van der Waals surface area contributed by atoms with Crippen LogP contribution in [-0.4, -0.2) is 33.1 Å². The first kappa shape index (κ1) is 24.7.